The fourth-order valence-corrected chi connectivity index (χ4v) is 3.05. The molecule has 0 spiro atoms. The van der Waals surface area contributed by atoms with Gasteiger partial charge in [0.05, 0.1) is 21.6 Å². The van der Waals surface area contributed by atoms with Crippen LogP contribution in [0.1, 0.15) is 47.4 Å². The summed E-state index contributed by atoms with van der Waals surface area (Å²) >= 11 is 0. The Morgan fingerprint density at radius 3 is 2.63 bits per heavy atom. The predicted octanol–water partition coefficient (Wildman–Crippen LogP) is 3.50. The van der Waals surface area contributed by atoms with E-state index in [0.717, 1.165) is 18.5 Å². The first-order valence-electron chi connectivity index (χ1n) is 9.36. The molecule has 1 aliphatic carbocycles. The van der Waals surface area contributed by atoms with Crippen LogP contribution < -0.4 is 5.32 Å². The van der Waals surface area contributed by atoms with Crippen molar-refractivity contribution >= 4 is 34.4 Å². The second-order valence-corrected chi connectivity index (χ2v) is 7.16. The Kier molecular flexibility index (Phi) is 4.90. The van der Waals surface area contributed by atoms with E-state index < -0.39 is 22.9 Å². The number of nitrogens with one attached hydrogen (secondary N) is 1. The van der Waals surface area contributed by atoms with E-state index in [9.17, 15) is 19.7 Å². The van der Waals surface area contributed by atoms with Crippen molar-refractivity contribution in [2.45, 2.75) is 38.7 Å². The summed E-state index contributed by atoms with van der Waals surface area (Å²) in [6.07, 6.45) is 0.892. The number of carbonyl (C=O) groups excluding carboxylic acids is 2. The van der Waals surface area contributed by atoms with Gasteiger partial charge in [0.1, 0.15) is 0 Å². The van der Waals surface area contributed by atoms with Crippen molar-refractivity contribution in [2.75, 3.05) is 5.32 Å². The number of nitro benzene ring substituents is 1. The molecule has 1 atom stereocenters. The molecule has 3 aromatic rings. The first-order valence-corrected chi connectivity index (χ1v) is 9.36. The van der Waals surface area contributed by atoms with Crippen molar-refractivity contribution in [2.24, 2.45) is 0 Å². The summed E-state index contributed by atoms with van der Waals surface area (Å²) in [7, 11) is 0. The van der Waals surface area contributed by atoms with Crippen molar-refractivity contribution in [3.05, 3.63) is 57.4 Å². The third kappa shape index (κ3) is 3.84. The van der Waals surface area contributed by atoms with Crippen molar-refractivity contribution in [3.8, 4) is 0 Å². The SMILES string of the molecule is Cc1noc2nc(C3CC3)cc(C(=O)OC(C)C(=O)Nc3ccc([N+](=O)[O-])cc3)c12. The number of fused-ring (bicyclic) bond motifs is 1. The minimum atomic E-state index is -1.10. The van der Waals surface area contributed by atoms with Gasteiger partial charge in [0.15, 0.2) is 6.10 Å². The molecule has 0 saturated heterocycles. The number of anilines is 1. The number of rotatable bonds is 6. The van der Waals surface area contributed by atoms with Crippen molar-refractivity contribution < 1.29 is 23.8 Å². The molecule has 2 aromatic heterocycles. The Bertz CT molecular complexity index is 1150. The topological polar surface area (TPSA) is 137 Å². The van der Waals surface area contributed by atoms with E-state index in [0.29, 0.717) is 16.8 Å². The number of pyridine rings is 1. The molecule has 30 heavy (non-hydrogen) atoms. The zero-order valence-electron chi connectivity index (χ0n) is 16.2. The lowest BCUT2D eigenvalue weighted by Gasteiger charge is -2.14. The number of ether oxygens (including phenoxy) is 1. The van der Waals surface area contributed by atoms with Crippen LogP contribution in [0.25, 0.3) is 11.1 Å². The smallest absolute Gasteiger partial charge is 0.339 e. The number of nitro groups is 1. The van der Waals surface area contributed by atoms with E-state index in [2.05, 4.69) is 15.5 Å². The maximum atomic E-state index is 12.8. The third-order valence-corrected chi connectivity index (χ3v) is 4.85. The lowest BCUT2D eigenvalue weighted by molar-refractivity contribution is -0.384. The summed E-state index contributed by atoms with van der Waals surface area (Å²) in [6, 6.07) is 7.02. The standard InChI is InChI=1S/C20H18N4O6/c1-10-17-15(9-16(12-3-4-12)22-19(17)30-23-10)20(26)29-11(2)18(25)21-13-5-7-14(8-6-13)24(27)28/h5-9,11-12H,3-4H2,1-2H3,(H,21,25). The number of hydrogen-bond acceptors (Lipinski definition) is 8. The molecule has 2 heterocycles. The van der Waals surface area contributed by atoms with Gasteiger partial charge in [-0.15, -0.1) is 0 Å². The van der Waals surface area contributed by atoms with Crippen LogP contribution in [0.5, 0.6) is 0 Å². The van der Waals surface area contributed by atoms with Crippen LogP contribution >= 0.6 is 0 Å². The van der Waals surface area contributed by atoms with Crippen LogP contribution in [0.2, 0.25) is 0 Å². The normalized spacial score (nSPS) is 14.3. The molecule has 1 aliphatic rings. The number of carbonyl (C=O) groups is 2. The monoisotopic (exact) mass is 410 g/mol. The van der Waals surface area contributed by atoms with Crippen LogP contribution in [0, 0.1) is 17.0 Å². The van der Waals surface area contributed by atoms with E-state index >= 15 is 0 Å². The van der Waals surface area contributed by atoms with E-state index in [1.54, 1.807) is 13.0 Å². The Hall–Kier alpha value is -3.82. The van der Waals surface area contributed by atoms with Crippen molar-refractivity contribution in [1.82, 2.24) is 10.1 Å². The highest BCUT2D eigenvalue weighted by Gasteiger charge is 2.30. The van der Waals surface area contributed by atoms with Gasteiger partial charge < -0.3 is 14.6 Å². The van der Waals surface area contributed by atoms with Gasteiger partial charge in [-0.2, -0.15) is 0 Å². The Morgan fingerprint density at radius 2 is 2.00 bits per heavy atom. The second-order valence-electron chi connectivity index (χ2n) is 7.16. The molecular weight excluding hydrogens is 392 g/mol. The molecular formula is C20H18N4O6. The zero-order valence-corrected chi connectivity index (χ0v) is 16.2. The largest absolute Gasteiger partial charge is 0.449 e. The summed E-state index contributed by atoms with van der Waals surface area (Å²) in [4.78, 5) is 39.8. The fraction of sp³-hybridized carbons (Fsp3) is 0.300. The molecule has 1 saturated carbocycles. The lowest BCUT2D eigenvalue weighted by atomic mass is 10.1. The maximum Gasteiger partial charge on any atom is 0.339 e. The van der Waals surface area contributed by atoms with Gasteiger partial charge in [-0.25, -0.2) is 9.78 Å². The summed E-state index contributed by atoms with van der Waals surface area (Å²) < 4.78 is 10.6. The highest BCUT2D eigenvalue weighted by molar-refractivity contribution is 6.04. The number of amides is 1. The highest BCUT2D eigenvalue weighted by atomic mass is 16.6. The Morgan fingerprint density at radius 1 is 1.30 bits per heavy atom. The molecule has 10 nitrogen and oxygen atoms in total. The number of hydrogen-bond donors (Lipinski definition) is 1. The van der Waals surface area contributed by atoms with E-state index in [-0.39, 0.29) is 22.9 Å². The molecule has 0 aliphatic heterocycles. The fourth-order valence-electron chi connectivity index (χ4n) is 3.05. The molecule has 10 heteroatoms. The first-order chi connectivity index (χ1) is 14.3. The van der Waals surface area contributed by atoms with Gasteiger partial charge >= 0.3 is 5.97 Å². The quantitative estimate of drug-likeness (QED) is 0.370. The average molecular weight is 410 g/mol. The van der Waals surface area contributed by atoms with E-state index in [1.807, 2.05) is 0 Å². The Labute approximate surface area is 170 Å². The van der Waals surface area contributed by atoms with Crippen LogP contribution in [0.15, 0.2) is 34.9 Å². The number of nitrogens with zero attached hydrogens (tertiary/aromatic N) is 3. The zero-order chi connectivity index (χ0) is 21.4. The maximum absolute atomic E-state index is 12.8. The first kappa shape index (κ1) is 19.5. The molecule has 0 radical (unpaired) electrons. The summed E-state index contributed by atoms with van der Waals surface area (Å²) in [5.41, 5.74) is 2.04. The van der Waals surface area contributed by atoms with Crippen LogP contribution in [0.4, 0.5) is 11.4 Å². The van der Waals surface area contributed by atoms with E-state index in [1.165, 1.54) is 31.2 Å². The number of aromatic nitrogens is 2. The minimum absolute atomic E-state index is 0.0928. The minimum Gasteiger partial charge on any atom is -0.449 e. The molecule has 1 aromatic carbocycles. The molecule has 1 N–H and O–H groups in total. The Balaban J connectivity index is 1.49. The molecule has 1 fully saturated rings. The van der Waals surface area contributed by atoms with Crippen LogP contribution in [0.3, 0.4) is 0 Å². The van der Waals surface area contributed by atoms with Crippen LogP contribution in [-0.2, 0) is 9.53 Å². The summed E-state index contributed by atoms with van der Waals surface area (Å²) in [5, 5.41) is 17.6. The number of benzene rings is 1. The van der Waals surface area contributed by atoms with Gasteiger partial charge in [0, 0.05) is 29.4 Å². The average Bonchev–Trinajstić information content (AvgIpc) is 3.51. The number of esters is 1. The summed E-state index contributed by atoms with van der Waals surface area (Å²) in [5.74, 6) is -0.955. The van der Waals surface area contributed by atoms with Gasteiger partial charge in [0.25, 0.3) is 17.3 Å². The van der Waals surface area contributed by atoms with Crippen molar-refractivity contribution in [1.29, 1.82) is 0 Å². The van der Waals surface area contributed by atoms with Gasteiger partial charge in [-0.05, 0) is 44.9 Å². The molecule has 0 bridgehead atoms. The molecule has 1 amide bonds. The predicted molar refractivity (Wildman–Crippen MR) is 105 cm³/mol. The van der Waals surface area contributed by atoms with Crippen molar-refractivity contribution in [3.63, 3.8) is 0 Å². The molecule has 154 valence electrons. The third-order valence-electron chi connectivity index (χ3n) is 4.85. The van der Waals surface area contributed by atoms with E-state index in [4.69, 9.17) is 9.26 Å². The van der Waals surface area contributed by atoms with Crippen LogP contribution in [-0.4, -0.2) is 33.0 Å². The lowest BCUT2D eigenvalue weighted by Crippen LogP contribution is -2.30. The van der Waals surface area contributed by atoms with Gasteiger partial charge in [-0.3, -0.25) is 14.9 Å². The molecule has 4 rings (SSSR count). The number of aryl methyl sites for hydroxylation is 1. The summed E-state index contributed by atoms with van der Waals surface area (Å²) in [6.45, 7) is 3.14. The second kappa shape index (κ2) is 7.54. The molecule has 1 unspecified atom stereocenters. The van der Waals surface area contributed by atoms with Gasteiger partial charge in [-0.1, -0.05) is 5.16 Å². The van der Waals surface area contributed by atoms with Gasteiger partial charge in [0.2, 0.25) is 0 Å². The number of non-ortho nitro benzene ring substituents is 1. The highest BCUT2D eigenvalue weighted by Crippen LogP contribution is 2.40.